The Labute approximate surface area is 123 Å². The molecule has 0 aromatic heterocycles. The molecule has 0 heterocycles. The number of alkyl halides is 3. The van der Waals surface area contributed by atoms with Crippen molar-refractivity contribution in [1.29, 1.82) is 0 Å². The highest BCUT2D eigenvalue weighted by Gasteiger charge is 2.30. The number of para-hydroxylation sites is 1. The molecular formula is C14H9ClF3NO2. The van der Waals surface area contributed by atoms with Gasteiger partial charge in [0.15, 0.2) is 0 Å². The van der Waals surface area contributed by atoms with Crippen molar-refractivity contribution in [3.63, 3.8) is 0 Å². The minimum Gasteiger partial charge on any atom is -0.478 e. The van der Waals surface area contributed by atoms with Gasteiger partial charge in [-0.05, 0) is 30.3 Å². The molecule has 2 rings (SSSR count). The predicted molar refractivity (Wildman–Crippen MR) is 73.1 cm³/mol. The third kappa shape index (κ3) is 3.46. The zero-order chi connectivity index (χ0) is 15.6. The maximum Gasteiger partial charge on any atom is 0.416 e. The molecule has 3 nitrogen and oxygen atoms in total. The van der Waals surface area contributed by atoms with Crippen LogP contribution in [0.4, 0.5) is 24.5 Å². The Kier molecular flexibility index (Phi) is 4.09. The minimum atomic E-state index is -4.48. The second-order valence-corrected chi connectivity index (χ2v) is 4.58. The van der Waals surface area contributed by atoms with E-state index in [-0.39, 0.29) is 22.0 Å². The van der Waals surface area contributed by atoms with Gasteiger partial charge in [0.05, 0.1) is 21.8 Å². The summed E-state index contributed by atoms with van der Waals surface area (Å²) >= 11 is 5.91. The van der Waals surface area contributed by atoms with Gasteiger partial charge in [-0.25, -0.2) is 4.79 Å². The molecular weight excluding hydrogens is 307 g/mol. The van der Waals surface area contributed by atoms with E-state index in [1.165, 1.54) is 30.3 Å². The average Bonchev–Trinajstić information content (AvgIpc) is 2.40. The van der Waals surface area contributed by atoms with E-state index >= 15 is 0 Å². The number of nitrogens with one attached hydrogen (secondary N) is 1. The van der Waals surface area contributed by atoms with Gasteiger partial charge in [-0.3, -0.25) is 0 Å². The number of halogens is 4. The van der Waals surface area contributed by atoms with Crippen LogP contribution in [-0.4, -0.2) is 11.1 Å². The summed E-state index contributed by atoms with van der Waals surface area (Å²) in [5, 5.41) is 11.8. The van der Waals surface area contributed by atoms with E-state index in [9.17, 15) is 18.0 Å². The average molecular weight is 316 g/mol. The summed E-state index contributed by atoms with van der Waals surface area (Å²) < 4.78 is 37.9. The van der Waals surface area contributed by atoms with Gasteiger partial charge in [-0.15, -0.1) is 0 Å². The lowest BCUT2D eigenvalue weighted by molar-refractivity contribution is -0.137. The number of carbonyl (C=O) groups is 1. The number of carboxylic acid groups (broad SMARTS) is 1. The Bertz CT molecular complexity index is 686. The molecule has 7 heteroatoms. The van der Waals surface area contributed by atoms with Crippen LogP contribution in [0.15, 0.2) is 42.5 Å². The van der Waals surface area contributed by atoms with Gasteiger partial charge in [0.25, 0.3) is 0 Å². The lowest BCUT2D eigenvalue weighted by Crippen LogP contribution is -2.06. The third-order valence-corrected chi connectivity index (χ3v) is 3.02. The zero-order valence-electron chi connectivity index (χ0n) is 10.4. The molecule has 0 unspecified atom stereocenters. The highest BCUT2D eigenvalue weighted by Crippen LogP contribution is 2.33. The van der Waals surface area contributed by atoms with E-state index in [1.54, 1.807) is 0 Å². The topological polar surface area (TPSA) is 49.3 Å². The molecule has 2 aromatic carbocycles. The number of hydrogen-bond acceptors (Lipinski definition) is 2. The quantitative estimate of drug-likeness (QED) is 0.855. The highest BCUT2D eigenvalue weighted by atomic mass is 35.5. The summed E-state index contributed by atoms with van der Waals surface area (Å²) in [4.78, 5) is 11.1. The van der Waals surface area contributed by atoms with Crippen molar-refractivity contribution in [2.24, 2.45) is 0 Å². The summed E-state index contributed by atoms with van der Waals surface area (Å²) in [6.07, 6.45) is -4.48. The van der Waals surface area contributed by atoms with Gasteiger partial charge in [-0.1, -0.05) is 23.7 Å². The summed E-state index contributed by atoms with van der Waals surface area (Å²) in [6.45, 7) is 0. The van der Waals surface area contributed by atoms with Crippen LogP contribution in [0.25, 0.3) is 0 Å². The van der Waals surface area contributed by atoms with Crippen molar-refractivity contribution in [2.45, 2.75) is 6.18 Å². The van der Waals surface area contributed by atoms with Gasteiger partial charge >= 0.3 is 12.1 Å². The Morgan fingerprint density at radius 3 is 2.43 bits per heavy atom. The van der Waals surface area contributed by atoms with Crippen molar-refractivity contribution in [1.82, 2.24) is 0 Å². The first-order valence-electron chi connectivity index (χ1n) is 5.75. The Balaban J connectivity index is 2.42. The molecule has 0 radical (unpaired) electrons. The number of hydrogen-bond donors (Lipinski definition) is 2. The van der Waals surface area contributed by atoms with Gasteiger partial charge in [0.2, 0.25) is 0 Å². The first-order valence-corrected chi connectivity index (χ1v) is 6.13. The number of benzene rings is 2. The van der Waals surface area contributed by atoms with E-state index in [2.05, 4.69) is 5.32 Å². The minimum absolute atomic E-state index is 0.0472. The molecule has 0 aliphatic carbocycles. The van der Waals surface area contributed by atoms with Gasteiger partial charge < -0.3 is 10.4 Å². The fraction of sp³-hybridized carbons (Fsp3) is 0.0714. The van der Waals surface area contributed by atoms with Gasteiger partial charge in [0, 0.05) is 5.69 Å². The standard InChI is InChI=1S/C14H9ClF3NO2/c15-11-6-2-5-10(13(20)21)12(11)19-9-4-1-3-8(7-9)14(16,17)18/h1-7,19H,(H,20,21). The van der Waals surface area contributed by atoms with E-state index in [4.69, 9.17) is 16.7 Å². The Morgan fingerprint density at radius 1 is 1.14 bits per heavy atom. The second-order valence-electron chi connectivity index (χ2n) is 4.17. The van der Waals surface area contributed by atoms with Crippen LogP contribution >= 0.6 is 11.6 Å². The second kappa shape index (κ2) is 5.65. The van der Waals surface area contributed by atoms with Crippen LogP contribution < -0.4 is 5.32 Å². The molecule has 0 saturated carbocycles. The summed E-state index contributed by atoms with van der Waals surface area (Å²) in [5.74, 6) is -1.23. The Morgan fingerprint density at radius 2 is 1.81 bits per heavy atom. The van der Waals surface area contributed by atoms with Gasteiger partial charge in [-0.2, -0.15) is 13.2 Å². The molecule has 0 fully saturated rings. The molecule has 0 saturated heterocycles. The summed E-state index contributed by atoms with van der Waals surface area (Å²) in [6, 6.07) is 8.63. The summed E-state index contributed by atoms with van der Waals surface area (Å²) in [5.41, 5.74) is -0.817. The van der Waals surface area contributed by atoms with Crippen LogP contribution in [0.2, 0.25) is 5.02 Å². The van der Waals surface area contributed by atoms with E-state index in [1.807, 2.05) is 0 Å². The van der Waals surface area contributed by atoms with Crippen molar-refractivity contribution < 1.29 is 23.1 Å². The van der Waals surface area contributed by atoms with E-state index in [0.717, 1.165) is 12.1 Å². The first-order chi connectivity index (χ1) is 9.79. The van der Waals surface area contributed by atoms with Crippen LogP contribution in [-0.2, 0) is 6.18 Å². The number of aromatic carboxylic acids is 1. The van der Waals surface area contributed by atoms with Crippen molar-refractivity contribution in [2.75, 3.05) is 5.32 Å². The molecule has 21 heavy (non-hydrogen) atoms. The fourth-order valence-corrected chi connectivity index (χ4v) is 1.97. The van der Waals surface area contributed by atoms with Crippen LogP contribution in [0.1, 0.15) is 15.9 Å². The van der Waals surface area contributed by atoms with E-state index < -0.39 is 17.7 Å². The monoisotopic (exact) mass is 315 g/mol. The molecule has 0 atom stereocenters. The fourth-order valence-electron chi connectivity index (χ4n) is 1.75. The van der Waals surface area contributed by atoms with Crippen molar-refractivity contribution in [3.05, 3.63) is 58.6 Å². The molecule has 0 spiro atoms. The third-order valence-electron chi connectivity index (χ3n) is 2.70. The first kappa shape index (κ1) is 15.2. The largest absolute Gasteiger partial charge is 0.478 e. The zero-order valence-corrected chi connectivity index (χ0v) is 11.2. The molecule has 2 N–H and O–H groups in total. The normalized spacial score (nSPS) is 11.2. The smallest absolute Gasteiger partial charge is 0.416 e. The number of anilines is 2. The summed E-state index contributed by atoms with van der Waals surface area (Å²) in [7, 11) is 0. The molecule has 0 aliphatic heterocycles. The maximum atomic E-state index is 12.6. The predicted octanol–water partition coefficient (Wildman–Crippen LogP) is 4.80. The number of rotatable bonds is 3. The maximum absolute atomic E-state index is 12.6. The lowest BCUT2D eigenvalue weighted by Gasteiger charge is -2.13. The van der Waals surface area contributed by atoms with Crippen molar-refractivity contribution >= 4 is 28.9 Å². The number of carboxylic acids is 1. The Hall–Kier alpha value is -2.21. The molecule has 0 aliphatic rings. The van der Waals surface area contributed by atoms with Gasteiger partial charge in [0.1, 0.15) is 0 Å². The molecule has 110 valence electrons. The van der Waals surface area contributed by atoms with Crippen molar-refractivity contribution in [3.8, 4) is 0 Å². The SMILES string of the molecule is O=C(O)c1cccc(Cl)c1Nc1cccc(C(F)(F)F)c1. The lowest BCUT2D eigenvalue weighted by atomic mass is 10.1. The van der Waals surface area contributed by atoms with E-state index in [0.29, 0.717) is 0 Å². The molecule has 2 aromatic rings. The highest BCUT2D eigenvalue weighted by molar-refractivity contribution is 6.34. The van der Waals surface area contributed by atoms with Crippen LogP contribution in [0, 0.1) is 0 Å². The molecule has 0 amide bonds. The van der Waals surface area contributed by atoms with Crippen LogP contribution in [0.5, 0.6) is 0 Å². The van der Waals surface area contributed by atoms with Crippen LogP contribution in [0.3, 0.4) is 0 Å². The molecule has 0 bridgehead atoms.